The van der Waals surface area contributed by atoms with Gasteiger partial charge in [0.1, 0.15) is 6.04 Å². The molecule has 1 heterocycles. The normalized spacial score (nSPS) is 11.9. The van der Waals surface area contributed by atoms with Crippen LogP contribution in [0, 0.1) is 0 Å². The maximum absolute atomic E-state index is 11.4. The number of carboxylic acids is 1. The van der Waals surface area contributed by atoms with Gasteiger partial charge in [0, 0.05) is 11.4 Å². The quantitative estimate of drug-likeness (QED) is 0.751. The number of amides is 2. The second kappa shape index (κ2) is 7.23. The molecule has 0 spiro atoms. The molecule has 1 aromatic heterocycles. The fraction of sp³-hybridized carbons (Fsp3) is 0.455. The molecule has 0 aliphatic carbocycles. The van der Waals surface area contributed by atoms with E-state index in [2.05, 4.69) is 10.6 Å². The van der Waals surface area contributed by atoms with Gasteiger partial charge < -0.3 is 15.7 Å². The fourth-order valence-corrected chi connectivity index (χ4v) is 2.42. The van der Waals surface area contributed by atoms with E-state index in [0.29, 0.717) is 23.7 Å². The van der Waals surface area contributed by atoms with E-state index < -0.39 is 18.0 Å². The Morgan fingerprint density at radius 1 is 1.50 bits per heavy atom. The number of aliphatic carboxylic acids is 1. The molecule has 0 aliphatic heterocycles. The Morgan fingerprint density at radius 3 is 2.72 bits per heavy atom. The Kier molecular flexibility index (Phi) is 5.94. The number of carbonyl (C=O) groups excluding carboxylic acids is 1. The molecule has 0 bridgehead atoms. The van der Waals surface area contributed by atoms with Crippen LogP contribution in [0.1, 0.15) is 18.2 Å². The van der Waals surface area contributed by atoms with E-state index in [1.807, 2.05) is 6.07 Å². The van der Waals surface area contributed by atoms with Gasteiger partial charge >= 0.3 is 12.0 Å². The van der Waals surface area contributed by atoms with E-state index in [4.69, 9.17) is 16.7 Å². The van der Waals surface area contributed by atoms with Gasteiger partial charge in [0.05, 0.1) is 4.34 Å². The van der Waals surface area contributed by atoms with Crippen molar-refractivity contribution in [2.24, 2.45) is 0 Å². The largest absolute Gasteiger partial charge is 0.480 e. The summed E-state index contributed by atoms with van der Waals surface area (Å²) < 4.78 is 0.714. The van der Waals surface area contributed by atoms with Crippen LogP contribution in [0.3, 0.4) is 0 Å². The summed E-state index contributed by atoms with van der Waals surface area (Å²) in [4.78, 5) is 23.2. The Hall–Kier alpha value is -1.27. The summed E-state index contributed by atoms with van der Waals surface area (Å²) in [6.45, 7) is 2.14. The number of carboxylic acid groups (broad SMARTS) is 1. The summed E-state index contributed by atoms with van der Waals surface area (Å²) in [5.74, 6) is -1.03. The molecule has 1 rings (SSSR count). The molecule has 2 amide bonds. The van der Waals surface area contributed by atoms with Crippen LogP contribution in [-0.2, 0) is 11.2 Å². The van der Waals surface area contributed by atoms with E-state index in [9.17, 15) is 9.59 Å². The lowest BCUT2D eigenvalue weighted by Gasteiger charge is -2.12. The highest BCUT2D eigenvalue weighted by atomic mass is 35.5. The predicted octanol–water partition coefficient (Wildman–Crippen LogP) is 2.11. The summed E-state index contributed by atoms with van der Waals surface area (Å²) >= 11 is 7.24. The van der Waals surface area contributed by atoms with Crippen molar-refractivity contribution >= 4 is 34.9 Å². The van der Waals surface area contributed by atoms with Gasteiger partial charge in [-0.25, -0.2) is 9.59 Å². The first-order valence-electron chi connectivity index (χ1n) is 5.54. The van der Waals surface area contributed by atoms with Gasteiger partial charge in [-0.05, 0) is 25.0 Å². The molecular weight excluding hydrogens is 276 g/mol. The summed E-state index contributed by atoms with van der Waals surface area (Å²) in [7, 11) is 0. The zero-order valence-corrected chi connectivity index (χ0v) is 11.5. The van der Waals surface area contributed by atoms with Crippen molar-refractivity contribution in [2.45, 2.75) is 25.8 Å². The highest BCUT2D eigenvalue weighted by Crippen LogP contribution is 2.21. The van der Waals surface area contributed by atoms with Gasteiger partial charge in [0.15, 0.2) is 0 Å². The van der Waals surface area contributed by atoms with Crippen molar-refractivity contribution in [1.29, 1.82) is 0 Å². The highest BCUT2D eigenvalue weighted by Gasteiger charge is 2.16. The van der Waals surface area contributed by atoms with Crippen molar-refractivity contribution in [3.63, 3.8) is 0 Å². The molecule has 0 aromatic carbocycles. The Bertz CT molecular complexity index is 422. The van der Waals surface area contributed by atoms with E-state index >= 15 is 0 Å². The van der Waals surface area contributed by atoms with E-state index in [1.165, 1.54) is 11.3 Å². The molecule has 7 heteroatoms. The molecule has 1 aromatic rings. The second-order valence-corrected chi connectivity index (χ2v) is 5.45. The molecule has 0 fully saturated rings. The van der Waals surface area contributed by atoms with Crippen LogP contribution in [0.5, 0.6) is 0 Å². The molecular formula is C11H15ClN2O3S. The smallest absolute Gasteiger partial charge is 0.326 e. The summed E-state index contributed by atoms with van der Waals surface area (Å²) in [5, 5.41) is 13.8. The van der Waals surface area contributed by atoms with Gasteiger partial charge in [-0.15, -0.1) is 11.3 Å². The fourth-order valence-electron chi connectivity index (χ4n) is 1.33. The zero-order valence-electron chi connectivity index (χ0n) is 9.90. The maximum atomic E-state index is 11.4. The predicted molar refractivity (Wildman–Crippen MR) is 71.3 cm³/mol. The minimum atomic E-state index is -1.03. The molecule has 0 saturated heterocycles. The van der Waals surface area contributed by atoms with Crippen molar-refractivity contribution in [2.75, 3.05) is 6.54 Å². The minimum Gasteiger partial charge on any atom is -0.480 e. The number of nitrogens with one attached hydrogen (secondary N) is 2. The lowest BCUT2D eigenvalue weighted by molar-refractivity contribution is -0.139. The summed E-state index contributed by atoms with van der Waals surface area (Å²) in [6, 6.07) is 2.39. The van der Waals surface area contributed by atoms with Crippen LogP contribution in [-0.4, -0.2) is 29.7 Å². The number of hydrogen-bond donors (Lipinski definition) is 3. The highest BCUT2D eigenvalue weighted by molar-refractivity contribution is 7.16. The third kappa shape index (κ3) is 4.93. The number of urea groups is 1. The number of carbonyl (C=O) groups is 2. The molecule has 1 atom stereocenters. The summed E-state index contributed by atoms with van der Waals surface area (Å²) in [6.07, 6.45) is 1.03. The standard InChI is InChI=1S/C11H15ClN2O3S/c1-2-8(10(15)16)14-11(17)13-6-5-7-3-4-9(12)18-7/h3-4,8H,2,5-6H2,1H3,(H,15,16)(H2,13,14,17)/t8-/m0/s1. The van der Waals surface area contributed by atoms with Gasteiger partial charge in [-0.2, -0.15) is 0 Å². The average molecular weight is 291 g/mol. The van der Waals surface area contributed by atoms with Crippen LogP contribution >= 0.6 is 22.9 Å². The van der Waals surface area contributed by atoms with Crippen molar-refractivity contribution in [1.82, 2.24) is 10.6 Å². The number of thiophene rings is 1. The lowest BCUT2D eigenvalue weighted by atomic mass is 10.2. The van der Waals surface area contributed by atoms with E-state index in [0.717, 1.165) is 4.88 Å². The van der Waals surface area contributed by atoms with Gasteiger partial charge in [0.2, 0.25) is 0 Å². The van der Waals surface area contributed by atoms with E-state index in [1.54, 1.807) is 13.0 Å². The minimum absolute atomic E-state index is 0.350. The topological polar surface area (TPSA) is 78.4 Å². The van der Waals surface area contributed by atoms with E-state index in [-0.39, 0.29) is 0 Å². The number of hydrogen-bond acceptors (Lipinski definition) is 3. The Balaban J connectivity index is 2.26. The lowest BCUT2D eigenvalue weighted by Crippen LogP contribution is -2.46. The van der Waals surface area contributed by atoms with Crippen molar-refractivity contribution in [3.05, 3.63) is 21.3 Å². The molecule has 5 nitrogen and oxygen atoms in total. The van der Waals surface area contributed by atoms with Crippen LogP contribution in [0.15, 0.2) is 12.1 Å². The third-order valence-corrected chi connectivity index (χ3v) is 3.59. The van der Waals surface area contributed by atoms with Crippen LogP contribution in [0.25, 0.3) is 0 Å². The van der Waals surface area contributed by atoms with Crippen LogP contribution in [0.4, 0.5) is 4.79 Å². The maximum Gasteiger partial charge on any atom is 0.326 e. The van der Waals surface area contributed by atoms with Gasteiger partial charge in [-0.3, -0.25) is 0 Å². The monoisotopic (exact) mass is 290 g/mol. The first-order chi connectivity index (χ1) is 8.52. The van der Waals surface area contributed by atoms with Crippen LogP contribution in [0.2, 0.25) is 4.34 Å². The Morgan fingerprint density at radius 2 is 2.22 bits per heavy atom. The number of rotatable bonds is 6. The zero-order chi connectivity index (χ0) is 13.5. The average Bonchev–Trinajstić information content (AvgIpc) is 2.71. The second-order valence-electron chi connectivity index (χ2n) is 3.66. The first-order valence-corrected chi connectivity index (χ1v) is 6.73. The molecule has 0 aliphatic rings. The number of halogens is 1. The third-order valence-electron chi connectivity index (χ3n) is 2.30. The molecule has 0 unspecified atom stereocenters. The van der Waals surface area contributed by atoms with Gasteiger partial charge in [0.25, 0.3) is 0 Å². The Labute approximate surface area is 114 Å². The first kappa shape index (κ1) is 14.8. The molecule has 0 radical (unpaired) electrons. The molecule has 3 N–H and O–H groups in total. The van der Waals surface area contributed by atoms with Crippen LogP contribution < -0.4 is 10.6 Å². The molecule has 18 heavy (non-hydrogen) atoms. The molecule has 0 saturated carbocycles. The molecule has 100 valence electrons. The van der Waals surface area contributed by atoms with Gasteiger partial charge in [-0.1, -0.05) is 18.5 Å². The van der Waals surface area contributed by atoms with Crippen molar-refractivity contribution in [3.8, 4) is 0 Å². The SMILES string of the molecule is CC[C@H](NC(=O)NCCc1ccc(Cl)s1)C(=O)O. The van der Waals surface area contributed by atoms with Crippen molar-refractivity contribution < 1.29 is 14.7 Å². The summed E-state index contributed by atoms with van der Waals surface area (Å²) in [5.41, 5.74) is 0.